The van der Waals surface area contributed by atoms with Gasteiger partial charge >= 0.3 is 0 Å². The number of amides is 1. The minimum absolute atomic E-state index is 0.211. The molecule has 1 aliphatic heterocycles. The molecule has 1 amide bonds. The largest absolute Gasteiger partial charge is 0.459 e. The van der Waals surface area contributed by atoms with Crippen LogP contribution in [-0.4, -0.2) is 25.2 Å². The number of furan rings is 1. The van der Waals surface area contributed by atoms with Gasteiger partial charge in [0, 0.05) is 23.8 Å². The van der Waals surface area contributed by atoms with E-state index in [0.29, 0.717) is 23.7 Å². The summed E-state index contributed by atoms with van der Waals surface area (Å²) in [5.41, 5.74) is 2.52. The molecule has 3 aromatic rings. The number of rotatable bonds is 4. The van der Waals surface area contributed by atoms with Crippen LogP contribution in [0.25, 0.3) is 0 Å². The van der Waals surface area contributed by atoms with Crippen molar-refractivity contribution < 1.29 is 17.6 Å². The zero-order valence-electron chi connectivity index (χ0n) is 14.8. The van der Waals surface area contributed by atoms with Crippen molar-refractivity contribution in [1.29, 1.82) is 0 Å². The van der Waals surface area contributed by atoms with Gasteiger partial charge in [0.05, 0.1) is 11.2 Å². The Balaban J connectivity index is 1.56. The topological polar surface area (TPSA) is 79.6 Å². The van der Waals surface area contributed by atoms with Crippen LogP contribution in [0.15, 0.2) is 70.2 Å². The number of halogens is 1. The molecule has 0 aliphatic carbocycles. The third-order valence-corrected chi connectivity index (χ3v) is 6.75. The van der Waals surface area contributed by atoms with E-state index in [1.807, 2.05) is 12.1 Å². The number of fused-ring (bicyclic) bond motifs is 1. The second kappa shape index (κ2) is 7.43. The molecule has 0 unspecified atom stereocenters. The molecule has 2 aromatic carbocycles. The normalized spacial score (nSPS) is 14.5. The molecule has 1 aromatic heterocycles. The first-order chi connectivity index (χ1) is 13.4. The van der Waals surface area contributed by atoms with E-state index in [2.05, 4.69) is 5.32 Å². The molecule has 0 radical (unpaired) electrons. The number of carbonyl (C=O) groups excluding carboxylic acids is 1. The Morgan fingerprint density at radius 2 is 1.86 bits per heavy atom. The summed E-state index contributed by atoms with van der Waals surface area (Å²) < 4.78 is 32.4. The fourth-order valence-electron chi connectivity index (χ4n) is 3.17. The van der Waals surface area contributed by atoms with Gasteiger partial charge in [-0.2, -0.15) is 4.31 Å². The van der Waals surface area contributed by atoms with Crippen LogP contribution in [0.2, 0.25) is 5.02 Å². The maximum absolute atomic E-state index is 12.9. The number of anilines is 1. The maximum Gasteiger partial charge on any atom is 0.291 e. The highest BCUT2D eigenvalue weighted by Gasteiger charge is 2.28. The fraction of sp³-hybridized carbons (Fsp3) is 0.150. The Labute approximate surface area is 167 Å². The van der Waals surface area contributed by atoms with E-state index in [9.17, 15) is 13.2 Å². The summed E-state index contributed by atoms with van der Waals surface area (Å²) in [6, 6.07) is 14.9. The molecule has 0 spiro atoms. The molecular formula is C20H17ClN2O4S. The molecule has 8 heteroatoms. The Bertz CT molecular complexity index is 1110. The summed E-state index contributed by atoms with van der Waals surface area (Å²) in [5.74, 6) is -0.143. The van der Waals surface area contributed by atoms with E-state index in [1.54, 1.807) is 30.3 Å². The summed E-state index contributed by atoms with van der Waals surface area (Å²) in [4.78, 5) is 12.4. The van der Waals surface area contributed by atoms with Gasteiger partial charge < -0.3 is 9.73 Å². The molecule has 4 rings (SSSR count). The monoisotopic (exact) mass is 416 g/mol. The van der Waals surface area contributed by atoms with Crippen molar-refractivity contribution in [1.82, 2.24) is 4.31 Å². The smallest absolute Gasteiger partial charge is 0.291 e. The van der Waals surface area contributed by atoms with Crippen LogP contribution in [0.5, 0.6) is 0 Å². The molecule has 0 fully saturated rings. The van der Waals surface area contributed by atoms with Crippen LogP contribution in [0, 0.1) is 0 Å². The number of hydrogen-bond donors (Lipinski definition) is 1. The third-order valence-electron chi connectivity index (χ3n) is 4.64. The SMILES string of the molecule is O=C(Nc1ccc2c(c1)CN(S(=O)(=O)c1ccc(Cl)cc1)CC2)c1ccco1. The van der Waals surface area contributed by atoms with E-state index in [1.165, 1.54) is 22.7 Å². The van der Waals surface area contributed by atoms with Crippen molar-refractivity contribution in [2.45, 2.75) is 17.9 Å². The second-order valence-electron chi connectivity index (χ2n) is 6.46. The Morgan fingerprint density at radius 1 is 1.07 bits per heavy atom. The Kier molecular flexibility index (Phi) is 4.97. The average molecular weight is 417 g/mol. The van der Waals surface area contributed by atoms with Crippen LogP contribution in [0.4, 0.5) is 5.69 Å². The highest BCUT2D eigenvalue weighted by atomic mass is 35.5. The molecule has 0 bridgehead atoms. The lowest BCUT2D eigenvalue weighted by molar-refractivity contribution is 0.0996. The minimum atomic E-state index is -3.62. The van der Waals surface area contributed by atoms with Crippen molar-refractivity contribution in [3.8, 4) is 0 Å². The maximum atomic E-state index is 12.9. The molecule has 1 aliphatic rings. The highest BCUT2D eigenvalue weighted by molar-refractivity contribution is 7.89. The molecule has 2 heterocycles. The number of nitrogens with one attached hydrogen (secondary N) is 1. The molecule has 0 atom stereocenters. The standard InChI is InChI=1S/C20H17ClN2O4S/c21-16-4-7-18(8-5-16)28(25,26)23-10-9-14-3-6-17(12-15(14)13-23)22-20(24)19-2-1-11-27-19/h1-8,11-12H,9-10,13H2,(H,22,24). The van der Waals surface area contributed by atoms with Gasteiger partial charge in [0.1, 0.15) is 0 Å². The van der Waals surface area contributed by atoms with Gasteiger partial charge in [-0.15, -0.1) is 0 Å². The fourth-order valence-corrected chi connectivity index (χ4v) is 4.72. The molecule has 144 valence electrons. The molecule has 0 saturated heterocycles. The number of nitrogens with zero attached hydrogens (tertiary/aromatic N) is 1. The van der Waals surface area contributed by atoms with Gasteiger partial charge in [-0.3, -0.25) is 4.79 Å². The van der Waals surface area contributed by atoms with Gasteiger partial charge in [0.2, 0.25) is 10.0 Å². The van der Waals surface area contributed by atoms with Crippen LogP contribution >= 0.6 is 11.6 Å². The number of benzene rings is 2. The zero-order chi connectivity index (χ0) is 19.7. The zero-order valence-corrected chi connectivity index (χ0v) is 16.3. The van der Waals surface area contributed by atoms with Gasteiger partial charge in [-0.25, -0.2) is 8.42 Å². The summed E-state index contributed by atoms with van der Waals surface area (Å²) in [6.45, 7) is 0.640. The Hall–Kier alpha value is -2.61. The van der Waals surface area contributed by atoms with Crippen molar-refractivity contribution >= 4 is 33.2 Å². The van der Waals surface area contributed by atoms with Crippen molar-refractivity contribution in [2.24, 2.45) is 0 Å². The van der Waals surface area contributed by atoms with E-state index in [4.69, 9.17) is 16.0 Å². The first-order valence-electron chi connectivity index (χ1n) is 8.66. The summed E-state index contributed by atoms with van der Waals surface area (Å²) in [7, 11) is -3.62. The predicted octanol–water partition coefficient (Wildman–Crippen LogP) is 3.93. The van der Waals surface area contributed by atoms with Gasteiger partial charge in [0.25, 0.3) is 5.91 Å². The average Bonchev–Trinajstić information content (AvgIpc) is 3.23. The summed E-state index contributed by atoms with van der Waals surface area (Å²) in [5, 5.41) is 3.26. The van der Waals surface area contributed by atoms with Gasteiger partial charge in [-0.1, -0.05) is 17.7 Å². The van der Waals surface area contributed by atoms with Crippen molar-refractivity contribution in [2.75, 3.05) is 11.9 Å². The quantitative estimate of drug-likeness (QED) is 0.698. The number of carbonyl (C=O) groups is 1. The van der Waals surface area contributed by atoms with E-state index >= 15 is 0 Å². The molecule has 1 N–H and O–H groups in total. The first kappa shape index (κ1) is 18.7. The van der Waals surface area contributed by atoms with Crippen molar-refractivity contribution in [3.05, 3.63) is 82.8 Å². The predicted molar refractivity (Wildman–Crippen MR) is 106 cm³/mol. The lowest BCUT2D eigenvalue weighted by Gasteiger charge is -2.28. The van der Waals surface area contributed by atoms with Crippen LogP contribution in [0.3, 0.4) is 0 Å². The second-order valence-corrected chi connectivity index (χ2v) is 8.83. The van der Waals surface area contributed by atoms with Crippen molar-refractivity contribution in [3.63, 3.8) is 0 Å². The van der Waals surface area contributed by atoms with Gasteiger partial charge in [0.15, 0.2) is 5.76 Å². The number of sulfonamides is 1. The first-order valence-corrected chi connectivity index (χ1v) is 10.5. The van der Waals surface area contributed by atoms with Crippen LogP contribution in [-0.2, 0) is 23.0 Å². The summed E-state index contributed by atoms with van der Waals surface area (Å²) in [6.07, 6.45) is 2.04. The van der Waals surface area contributed by atoms with E-state index < -0.39 is 10.0 Å². The number of hydrogen-bond acceptors (Lipinski definition) is 4. The Morgan fingerprint density at radius 3 is 2.57 bits per heavy atom. The van der Waals surface area contributed by atoms with E-state index in [0.717, 1.165) is 11.1 Å². The highest BCUT2D eigenvalue weighted by Crippen LogP contribution is 2.27. The third kappa shape index (κ3) is 3.69. The molecular weight excluding hydrogens is 400 g/mol. The summed E-state index contributed by atoms with van der Waals surface area (Å²) >= 11 is 5.86. The molecule has 6 nitrogen and oxygen atoms in total. The minimum Gasteiger partial charge on any atom is -0.459 e. The lowest BCUT2D eigenvalue weighted by Crippen LogP contribution is -2.36. The van der Waals surface area contributed by atoms with Gasteiger partial charge in [-0.05, 0) is 66.1 Å². The van der Waals surface area contributed by atoms with Crippen LogP contribution < -0.4 is 5.32 Å². The molecule has 28 heavy (non-hydrogen) atoms. The van der Waals surface area contributed by atoms with E-state index in [-0.39, 0.29) is 23.1 Å². The molecule has 0 saturated carbocycles. The lowest BCUT2D eigenvalue weighted by atomic mass is 10.0. The van der Waals surface area contributed by atoms with Crippen LogP contribution in [0.1, 0.15) is 21.7 Å².